The largest absolute Gasteiger partial charge is 0.435 e. The Hall–Kier alpha value is -2.47. The summed E-state index contributed by atoms with van der Waals surface area (Å²) in [6.07, 6.45) is 3.82. The molecule has 174 valence electrons. The SMILES string of the molecule is O=C(CN(CCO)CCO)NCCOCCN1C=CN(c2ccc(OC(F)F)cc2)C1. The number of carbonyl (C=O) groups is 1. The monoisotopic (exact) mass is 444 g/mol. The van der Waals surface area contributed by atoms with E-state index >= 15 is 0 Å². The molecule has 1 amide bonds. The van der Waals surface area contributed by atoms with Gasteiger partial charge in [-0.1, -0.05) is 0 Å². The third-order valence-electron chi connectivity index (χ3n) is 4.48. The summed E-state index contributed by atoms with van der Waals surface area (Å²) < 4.78 is 34.3. The van der Waals surface area contributed by atoms with Crippen molar-refractivity contribution in [3.05, 3.63) is 36.7 Å². The Bertz CT molecular complexity index is 672. The second kappa shape index (κ2) is 13.8. The predicted octanol–water partition coefficient (Wildman–Crippen LogP) is 0.258. The van der Waals surface area contributed by atoms with Crippen LogP contribution in [-0.4, -0.2) is 98.4 Å². The standard InChI is InChI=1S/C20H30F2N4O5/c21-20(22)31-18-3-1-17(2-4-18)26-7-6-25(16-26)10-14-30-13-5-23-19(29)15-24(8-11-27)9-12-28/h1-4,6-7,20,27-28H,5,8-16H2,(H,23,29). The number of ether oxygens (including phenoxy) is 2. The van der Waals surface area contributed by atoms with Crippen molar-refractivity contribution in [2.24, 2.45) is 0 Å². The van der Waals surface area contributed by atoms with E-state index in [4.69, 9.17) is 14.9 Å². The minimum absolute atomic E-state index is 0.0722. The molecule has 1 aromatic rings. The Morgan fingerprint density at radius 3 is 2.48 bits per heavy atom. The van der Waals surface area contributed by atoms with Crippen LogP contribution >= 0.6 is 0 Å². The maximum atomic E-state index is 12.2. The van der Waals surface area contributed by atoms with Gasteiger partial charge in [-0.15, -0.1) is 0 Å². The van der Waals surface area contributed by atoms with E-state index in [1.54, 1.807) is 17.0 Å². The fourth-order valence-corrected chi connectivity index (χ4v) is 2.95. The molecule has 0 atom stereocenters. The molecule has 0 spiro atoms. The molecule has 3 N–H and O–H groups in total. The maximum Gasteiger partial charge on any atom is 0.387 e. The van der Waals surface area contributed by atoms with Crippen molar-refractivity contribution < 1.29 is 33.3 Å². The van der Waals surface area contributed by atoms with E-state index in [2.05, 4.69) is 10.1 Å². The summed E-state index contributed by atoms with van der Waals surface area (Å²) in [5, 5.41) is 20.6. The van der Waals surface area contributed by atoms with E-state index in [-0.39, 0.29) is 31.4 Å². The first-order valence-electron chi connectivity index (χ1n) is 10.0. The minimum Gasteiger partial charge on any atom is -0.435 e. The molecule has 0 aromatic heterocycles. The number of nitrogens with zero attached hydrogens (tertiary/aromatic N) is 3. The Balaban J connectivity index is 1.57. The molecular formula is C20H30F2N4O5. The lowest BCUT2D eigenvalue weighted by molar-refractivity contribution is -0.122. The van der Waals surface area contributed by atoms with E-state index in [9.17, 15) is 13.6 Å². The van der Waals surface area contributed by atoms with Crippen molar-refractivity contribution in [3.8, 4) is 5.75 Å². The molecule has 9 nitrogen and oxygen atoms in total. The fourth-order valence-electron chi connectivity index (χ4n) is 2.95. The zero-order chi connectivity index (χ0) is 22.5. The molecule has 0 fully saturated rings. The summed E-state index contributed by atoms with van der Waals surface area (Å²) >= 11 is 0. The number of aliphatic hydroxyl groups is 2. The molecule has 1 aromatic carbocycles. The topological polar surface area (TPSA) is 97.7 Å². The highest BCUT2D eigenvalue weighted by molar-refractivity contribution is 5.77. The number of alkyl halides is 2. The van der Waals surface area contributed by atoms with Crippen molar-refractivity contribution in [3.63, 3.8) is 0 Å². The molecule has 1 aliphatic rings. The van der Waals surface area contributed by atoms with Crippen LogP contribution in [0.4, 0.5) is 14.5 Å². The first kappa shape index (κ1) is 24.8. The van der Waals surface area contributed by atoms with Crippen molar-refractivity contribution in [1.82, 2.24) is 15.1 Å². The molecule has 0 saturated carbocycles. The van der Waals surface area contributed by atoms with Gasteiger partial charge in [0.2, 0.25) is 5.91 Å². The summed E-state index contributed by atoms with van der Waals surface area (Å²) in [7, 11) is 0. The van der Waals surface area contributed by atoms with Crippen LogP contribution in [0, 0.1) is 0 Å². The number of hydrogen-bond donors (Lipinski definition) is 3. The van der Waals surface area contributed by atoms with Gasteiger partial charge in [0.25, 0.3) is 0 Å². The first-order valence-corrected chi connectivity index (χ1v) is 10.0. The van der Waals surface area contributed by atoms with E-state index in [1.165, 1.54) is 12.1 Å². The van der Waals surface area contributed by atoms with Crippen molar-refractivity contribution in [1.29, 1.82) is 0 Å². The number of benzene rings is 1. The van der Waals surface area contributed by atoms with Crippen LogP contribution in [0.5, 0.6) is 5.75 Å². The lowest BCUT2D eigenvalue weighted by atomic mass is 10.3. The summed E-state index contributed by atoms with van der Waals surface area (Å²) in [5.41, 5.74) is 0.862. The molecule has 0 bridgehead atoms. The highest BCUT2D eigenvalue weighted by Gasteiger charge is 2.14. The highest BCUT2D eigenvalue weighted by Crippen LogP contribution is 2.23. The van der Waals surface area contributed by atoms with E-state index < -0.39 is 6.61 Å². The molecule has 11 heteroatoms. The van der Waals surface area contributed by atoms with Gasteiger partial charge < -0.3 is 34.8 Å². The molecule has 1 heterocycles. The van der Waals surface area contributed by atoms with Gasteiger partial charge >= 0.3 is 6.61 Å². The zero-order valence-corrected chi connectivity index (χ0v) is 17.3. The van der Waals surface area contributed by atoms with Crippen molar-refractivity contribution in [2.75, 3.05) is 70.7 Å². The Morgan fingerprint density at radius 2 is 1.84 bits per heavy atom. The number of amides is 1. The average Bonchev–Trinajstić information content (AvgIpc) is 3.20. The molecule has 0 radical (unpaired) electrons. The predicted molar refractivity (Wildman–Crippen MR) is 111 cm³/mol. The normalized spacial score (nSPS) is 13.5. The summed E-state index contributed by atoms with van der Waals surface area (Å²) in [4.78, 5) is 17.5. The fraction of sp³-hybridized carbons (Fsp3) is 0.550. The Labute approximate surface area is 180 Å². The zero-order valence-electron chi connectivity index (χ0n) is 17.3. The summed E-state index contributed by atoms with van der Waals surface area (Å²) in [6, 6.07) is 6.43. The van der Waals surface area contributed by atoms with Crippen molar-refractivity contribution >= 4 is 11.6 Å². The van der Waals surface area contributed by atoms with Crippen molar-refractivity contribution in [2.45, 2.75) is 6.61 Å². The van der Waals surface area contributed by atoms with Gasteiger partial charge in [-0.3, -0.25) is 9.69 Å². The minimum atomic E-state index is -2.84. The van der Waals surface area contributed by atoms with Crippen LogP contribution in [0.25, 0.3) is 0 Å². The third kappa shape index (κ3) is 9.47. The van der Waals surface area contributed by atoms with Gasteiger partial charge in [0.1, 0.15) is 5.75 Å². The first-order chi connectivity index (χ1) is 15.0. The lowest BCUT2D eigenvalue weighted by Crippen LogP contribution is -2.41. The van der Waals surface area contributed by atoms with Gasteiger partial charge in [0, 0.05) is 44.3 Å². The Morgan fingerprint density at radius 1 is 1.13 bits per heavy atom. The lowest BCUT2D eigenvalue weighted by Gasteiger charge is -2.21. The number of aliphatic hydroxyl groups excluding tert-OH is 2. The van der Waals surface area contributed by atoms with Gasteiger partial charge in [-0.05, 0) is 24.3 Å². The van der Waals surface area contributed by atoms with Crippen LogP contribution in [0.1, 0.15) is 0 Å². The number of hydrogen-bond acceptors (Lipinski definition) is 8. The average molecular weight is 444 g/mol. The second-order valence-electron chi connectivity index (χ2n) is 6.78. The maximum absolute atomic E-state index is 12.2. The van der Waals surface area contributed by atoms with Crippen LogP contribution in [-0.2, 0) is 9.53 Å². The molecule has 31 heavy (non-hydrogen) atoms. The van der Waals surface area contributed by atoms with Gasteiger partial charge in [-0.25, -0.2) is 0 Å². The molecule has 0 saturated heterocycles. The number of nitrogens with one attached hydrogen (secondary N) is 1. The van der Waals surface area contributed by atoms with Crippen LogP contribution in [0.2, 0.25) is 0 Å². The quantitative estimate of drug-likeness (QED) is 0.332. The smallest absolute Gasteiger partial charge is 0.387 e. The second-order valence-corrected chi connectivity index (χ2v) is 6.78. The number of rotatable bonds is 15. The molecular weight excluding hydrogens is 414 g/mol. The van der Waals surface area contributed by atoms with Crippen LogP contribution < -0.4 is 15.0 Å². The Kier molecular flexibility index (Phi) is 11.0. The van der Waals surface area contributed by atoms with Gasteiger partial charge in [0.05, 0.1) is 39.6 Å². The van der Waals surface area contributed by atoms with Gasteiger partial charge in [-0.2, -0.15) is 8.78 Å². The third-order valence-corrected chi connectivity index (χ3v) is 4.48. The van der Waals surface area contributed by atoms with E-state index in [1.807, 2.05) is 22.2 Å². The van der Waals surface area contributed by atoms with Crippen LogP contribution in [0.15, 0.2) is 36.7 Å². The highest BCUT2D eigenvalue weighted by atomic mass is 19.3. The molecule has 0 aliphatic carbocycles. The molecule has 1 aliphatic heterocycles. The number of carbonyl (C=O) groups excluding carboxylic acids is 1. The number of halogens is 2. The number of anilines is 1. The van der Waals surface area contributed by atoms with E-state index in [0.29, 0.717) is 46.1 Å². The van der Waals surface area contributed by atoms with Gasteiger partial charge in [0.15, 0.2) is 0 Å². The molecule has 0 unspecified atom stereocenters. The summed E-state index contributed by atoms with van der Waals surface area (Å²) in [5.74, 6) is -0.0673. The van der Waals surface area contributed by atoms with E-state index in [0.717, 1.165) is 5.69 Å². The summed E-state index contributed by atoms with van der Waals surface area (Å²) in [6.45, 7) is 0.300. The van der Waals surface area contributed by atoms with Crippen LogP contribution in [0.3, 0.4) is 0 Å². The molecule has 2 rings (SSSR count).